The van der Waals surface area contributed by atoms with E-state index in [1.807, 2.05) is 30.3 Å². The molecule has 0 aliphatic rings. The Balaban J connectivity index is 1.83. The number of ether oxygens (including phenoxy) is 1. The van der Waals surface area contributed by atoms with Gasteiger partial charge in [-0.1, -0.05) is 24.3 Å². The zero-order valence-electron chi connectivity index (χ0n) is 14.2. The van der Waals surface area contributed by atoms with Crippen molar-refractivity contribution in [2.45, 2.75) is 13.0 Å². The second kappa shape index (κ2) is 7.35. The van der Waals surface area contributed by atoms with Gasteiger partial charge in [-0.2, -0.15) is 5.10 Å². The van der Waals surface area contributed by atoms with Gasteiger partial charge >= 0.3 is 0 Å². The molecular formula is C19H17F2N3O2. The molecular weight excluding hydrogens is 340 g/mol. The molecule has 3 aromatic rings. The number of nitrogens with zero attached hydrogens (tertiary/aromatic N) is 2. The first kappa shape index (κ1) is 17.6. The van der Waals surface area contributed by atoms with Crippen molar-refractivity contribution in [1.82, 2.24) is 15.1 Å². The fraction of sp³-hybridized carbons (Fsp3) is 0.158. The van der Waals surface area contributed by atoms with Crippen molar-refractivity contribution in [2.75, 3.05) is 7.11 Å². The van der Waals surface area contributed by atoms with Gasteiger partial charge in [0.1, 0.15) is 0 Å². The van der Waals surface area contributed by atoms with Crippen LogP contribution in [-0.2, 0) is 0 Å². The van der Waals surface area contributed by atoms with Crippen molar-refractivity contribution in [3.05, 3.63) is 77.6 Å². The quantitative estimate of drug-likeness (QED) is 0.758. The molecule has 2 aromatic carbocycles. The van der Waals surface area contributed by atoms with E-state index in [1.165, 1.54) is 17.9 Å². The van der Waals surface area contributed by atoms with Crippen LogP contribution in [0.1, 0.15) is 29.0 Å². The van der Waals surface area contributed by atoms with Crippen molar-refractivity contribution in [2.24, 2.45) is 0 Å². The van der Waals surface area contributed by atoms with E-state index in [-0.39, 0.29) is 5.69 Å². The molecule has 0 saturated heterocycles. The molecule has 134 valence electrons. The van der Waals surface area contributed by atoms with Crippen LogP contribution < -0.4 is 10.1 Å². The van der Waals surface area contributed by atoms with Crippen molar-refractivity contribution < 1.29 is 18.3 Å². The Kier molecular flexibility index (Phi) is 4.97. The first-order valence-corrected chi connectivity index (χ1v) is 7.94. The Labute approximate surface area is 149 Å². The zero-order chi connectivity index (χ0) is 18.7. The highest BCUT2D eigenvalue weighted by atomic mass is 19.2. The number of para-hydroxylation sites is 1. The third-order valence-electron chi connectivity index (χ3n) is 3.93. The molecule has 1 atom stereocenters. The number of carbonyl (C=O) groups excluding carboxylic acids is 1. The maximum absolute atomic E-state index is 13.4. The molecule has 1 N–H and O–H groups in total. The van der Waals surface area contributed by atoms with Gasteiger partial charge in [-0.3, -0.25) is 4.79 Å². The van der Waals surface area contributed by atoms with Crippen LogP contribution in [0.15, 0.2) is 54.7 Å². The molecule has 1 aromatic heterocycles. The lowest BCUT2D eigenvalue weighted by molar-refractivity contribution is 0.0931. The minimum Gasteiger partial charge on any atom is -0.493 e. The van der Waals surface area contributed by atoms with Gasteiger partial charge in [0.05, 0.1) is 25.0 Å². The minimum absolute atomic E-state index is 0.103. The molecule has 0 saturated carbocycles. The Hall–Kier alpha value is -3.22. The predicted molar refractivity (Wildman–Crippen MR) is 92.4 cm³/mol. The van der Waals surface area contributed by atoms with Gasteiger partial charge in [0, 0.05) is 0 Å². The number of rotatable bonds is 5. The average Bonchev–Trinajstić information content (AvgIpc) is 3.09. The molecule has 7 heteroatoms. The molecule has 0 bridgehead atoms. The van der Waals surface area contributed by atoms with E-state index < -0.39 is 23.6 Å². The van der Waals surface area contributed by atoms with Crippen LogP contribution in [0.25, 0.3) is 5.69 Å². The van der Waals surface area contributed by atoms with E-state index in [1.54, 1.807) is 13.1 Å². The molecule has 5 nitrogen and oxygen atoms in total. The van der Waals surface area contributed by atoms with E-state index in [0.717, 1.165) is 17.8 Å². The van der Waals surface area contributed by atoms with Crippen LogP contribution >= 0.6 is 0 Å². The second-order valence-corrected chi connectivity index (χ2v) is 5.69. The third kappa shape index (κ3) is 3.56. The molecule has 0 fully saturated rings. The second-order valence-electron chi connectivity index (χ2n) is 5.69. The molecule has 0 aliphatic carbocycles. The third-order valence-corrected chi connectivity index (χ3v) is 3.93. The standard InChI is InChI=1S/C19H17F2N3O2/c1-12(13-8-9-15(20)16(21)10-13)22-19(25)18-17(26-2)11-24(23-18)14-6-4-3-5-7-14/h3-12H,1-2H3,(H,22,25)/t12-/m1/s1. The van der Waals surface area contributed by atoms with E-state index in [2.05, 4.69) is 10.4 Å². The van der Waals surface area contributed by atoms with Crippen molar-refractivity contribution in [1.29, 1.82) is 0 Å². The highest BCUT2D eigenvalue weighted by molar-refractivity contribution is 5.95. The normalized spacial score (nSPS) is 11.8. The van der Waals surface area contributed by atoms with Crippen molar-refractivity contribution in [3.8, 4) is 11.4 Å². The lowest BCUT2D eigenvalue weighted by Gasteiger charge is -2.14. The maximum Gasteiger partial charge on any atom is 0.276 e. The fourth-order valence-corrected chi connectivity index (χ4v) is 2.51. The van der Waals surface area contributed by atoms with E-state index in [4.69, 9.17) is 4.74 Å². The van der Waals surface area contributed by atoms with Crippen LogP contribution in [0.5, 0.6) is 5.75 Å². The number of halogens is 2. The lowest BCUT2D eigenvalue weighted by Crippen LogP contribution is -2.27. The summed E-state index contributed by atoms with van der Waals surface area (Å²) in [6.07, 6.45) is 1.60. The molecule has 0 unspecified atom stereocenters. The van der Waals surface area contributed by atoms with Gasteiger partial charge in [-0.05, 0) is 36.8 Å². The zero-order valence-corrected chi connectivity index (χ0v) is 14.2. The molecule has 0 aliphatic heterocycles. The number of amides is 1. The Morgan fingerprint density at radius 1 is 1.15 bits per heavy atom. The number of hydrogen-bond donors (Lipinski definition) is 1. The average molecular weight is 357 g/mol. The van der Waals surface area contributed by atoms with Gasteiger partial charge in [-0.15, -0.1) is 0 Å². The van der Waals surface area contributed by atoms with Crippen LogP contribution in [0.4, 0.5) is 8.78 Å². The molecule has 0 spiro atoms. The lowest BCUT2D eigenvalue weighted by atomic mass is 10.1. The van der Waals surface area contributed by atoms with Gasteiger partial charge in [0.15, 0.2) is 23.1 Å². The van der Waals surface area contributed by atoms with E-state index in [0.29, 0.717) is 11.3 Å². The summed E-state index contributed by atoms with van der Waals surface area (Å²) in [5.41, 5.74) is 1.32. The number of aromatic nitrogens is 2. The van der Waals surface area contributed by atoms with Crippen LogP contribution in [0.3, 0.4) is 0 Å². The van der Waals surface area contributed by atoms with Gasteiger partial charge in [0.25, 0.3) is 5.91 Å². The topological polar surface area (TPSA) is 56.2 Å². The summed E-state index contributed by atoms with van der Waals surface area (Å²) in [7, 11) is 1.45. The summed E-state index contributed by atoms with van der Waals surface area (Å²) >= 11 is 0. The maximum atomic E-state index is 13.4. The largest absolute Gasteiger partial charge is 0.493 e. The first-order chi connectivity index (χ1) is 12.5. The van der Waals surface area contributed by atoms with E-state index >= 15 is 0 Å². The molecule has 1 amide bonds. The molecule has 0 radical (unpaired) electrons. The summed E-state index contributed by atoms with van der Waals surface area (Å²) in [4.78, 5) is 12.6. The number of carbonyl (C=O) groups is 1. The minimum atomic E-state index is -0.963. The summed E-state index contributed by atoms with van der Waals surface area (Å²) < 4.78 is 33.2. The molecule has 3 rings (SSSR count). The Morgan fingerprint density at radius 2 is 1.88 bits per heavy atom. The monoisotopic (exact) mass is 357 g/mol. The van der Waals surface area contributed by atoms with Gasteiger partial charge in [-0.25, -0.2) is 13.5 Å². The summed E-state index contributed by atoms with van der Waals surface area (Å²) in [5.74, 6) is -2.07. The van der Waals surface area contributed by atoms with Crippen LogP contribution in [-0.4, -0.2) is 22.8 Å². The predicted octanol–water partition coefficient (Wildman–Crippen LogP) is 3.65. The number of nitrogens with one attached hydrogen (secondary N) is 1. The summed E-state index contributed by atoms with van der Waals surface area (Å²) in [6.45, 7) is 1.67. The van der Waals surface area contributed by atoms with Crippen molar-refractivity contribution >= 4 is 5.91 Å². The van der Waals surface area contributed by atoms with Crippen molar-refractivity contribution in [3.63, 3.8) is 0 Å². The fourth-order valence-electron chi connectivity index (χ4n) is 2.51. The van der Waals surface area contributed by atoms with Crippen LogP contribution in [0, 0.1) is 11.6 Å². The summed E-state index contributed by atoms with van der Waals surface area (Å²) in [6, 6.07) is 12.2. The number of benzene rings is 2. The SMILES string of the molecule is COc1cn(-c2ccccc2)nc1C(=O)N[C@H](C)c1ccc(F)c(F)c1. The smallest absolute Gasteiger partial charge is 0.276 e. The number of hydrogen-bond acceptors (Lipinski definition) is 3. The van der Waals surface area contributed by atoms with Gasteiger partial charge < -0.3 is 10.1 Å². The van der Waals surface area contributed by atoms with Crippen LogP contribution in [0.2, 0.25) is 0 Å². The number of methoxy groups -OCH3 is 1. The highest BCUT2D eigenvalue weighted by Gasteiger charge is 2.21. The Bertz CT molecular complexity index is 926. The molecule has 26 heavy (non-hydrogen) atoms. The summed E-state index contributed by atoms with van der Waals surface area (Å²) in [5, 5.41) is 6.99. The first-order valence-electron chi connectivity index (χ1n) is 7.94. The highest BCUT2D eigenvalue weighted by Crippen LogP contribution is 2.21. The molecule has 1 heterocycles. The van der Waals surface area contributed by atoms with Gasteiger partial charge in [0.2, 0.25) is 0 Å². The Morgan fingerprint density at radius 3 is 2.54 bits per heavy atom. The van der Waals surface area contributed by atoms with E-state index in [9.17, 15) is 13.6 Å².